The lowest BCUT2D eigenvalue weighted by Crippen LogP contribution is -2.17. The van der Waals surface area contributed by atoms with E-state index in [1.54, 1.807) is 0 Å². The van der Waals surface area contributed by atoms with Crippen molar-refractivity contribution >= 4 is 10.9 Å². The summed E-state index contributed by atoms with van der Waals surface area (Å²) in [4.78, 5) is 12.4. The van der Waals surface area contributed by atoms with E-state index in [0.717, 1.165) is 0 Å². The predicted octanol–water partition coefficient (Wildman–Crippen LogP) is 5.84. The van der Waals surface area contributed by atoms with Crippen LogP contribution in [0.5, 0.6) is 0 Å². The van der Waals surface area contributed by atoms with Crippen LogP contribution in [0.2, 0.25) is 0 Å². The molecule has 0 heterocycles. The largest absolute Gasteiger partial charge is 0.356 e. The molecule has 0 bridgehead atoms. The SMILES string of the molecule is CC(C)(C)c1ccccc1[S+](c1ccccc1)c1ccccc1.O=[N+]([O-])[O-]. The molecule has 5 heteroatoms. The average molecular weight is 381 g/mol. The van der Waals surface area contributed by atoms with E-state index >= 15 is 0 Å². The molecule has 140 valence electrons. The summed E-state index contributed by atoms with van der Waals surface area (Å²) in [6, 6.07) is 30.6. The fourth-order valence-electron chi connectivity index (χ4n) is 2.77. The highest BCUT2D eigenvalue weighted by atomic mass is 32.2. The van der Waals surface area contributed by atoms with E-state index in [1.807, 2.05) is 0 Å². The topological polar surface area (TPSA) is 66.2 Å². The Morgan fingerprint density at radius 2 is 1.07 bits per heavy atom. The van der Waals surface area contributed by atoms with Crippen LogP contribution in [0.25, 0.3) is 0 Å². The van der Waals surface area contributed by atoms with Crippen molar-refractivity contribution in [3.63, 3.8) is 0 Å². The van der Waals surface area contributed by atoms with Gasteiger partial charge in [-0.15, -0.1) is 0 Å². The van der Waals surface area contributed by atoms with Gasteiger partial charge in [0.1, 0.15) is 0 Å². The molecule has 3 rings (SSSR count). The fourth-order valence-corrected chi connectivity index (χ4v) is 5.21. The Bertz CT molecular complexity index is 818. The summed E-state index contributed by atoms with van der Waals surface area (Å²) in [6.45, 7) is 6.88. The van der Waals surface area contributed by atoms with E-state index in [4.69, 9.17) is 15.3 Å². The van der Waals surface area contributed by atoms with Gasteiger partial charge in [0.2, 0.25) is 0 Å². The summed E-state index contributed by atoms with van der Waals surface area (Å²) >= 11 is 0. The second-order valence-corrected chi connectivity index (χ2v) is 8.90. The first-order valence-electron chi connectivity index (χ1n) is 8.56. The highest BCUT2D eigenvalue weighted by Crippen LogP contribution is 2.37. The maximum Gasteiger partial charge on any atom is 0.170 e. The van der Waals surface area contributed by atoms with Gasteiger partial charge in [0, 0.05) is 5.56 Å². The molecule has 0 spiro atoms. The third-order valence-electron chi connectivity index (χ3n) is 3.87. The van der Waals surface area contributed by atoms with Crippen LogP contribution in [0.15, 0.2) is 99.6 Å². The second kappa shape index (κ2) is 9.24. The maximum absolute atomic E-state index is 8.25. The Hall–Kier alpha value is -2.79. The molecule has 4 nitrogen and oxygen atoms in total. The third kappa shape index (κ3) is 5.86. The molecule has 0 aliphatic rings. The molecule has 0 saturated carbocycles. The van der Waals surface area contributed by atoms with Crippen LogP contribution in [0, 0.1) is 15.3 Å². The van der Waals surface area contributed by atoms with Gasteiger partial charge in [0.15, 0.2) is 14.7 Å². The quantitative estimate of drug-likeness (QED) is 0.325. The van der Waals surface area contributed by atoms with Gasteiger partial charge >= 0.3 is 0 Å². The summed E-state index contributed by atoms with van der Waals surface area (Å²) in [5.41, 5.74) is 1.56. The smallest absolute Gasteiger partial charge is 0.170 e. The minimum atomic E-state index is -1.75. The number of nitrogens with zero attached hydrogens (tertiary/aromatic N) is 1. The molecule has 0 aromatic heterocycles. The zero-order chi connectivity index (χ0) is 19.9. The first-order valence-corrected chi connectivity index (χ1v) is 9.78. The minimum absolute atomic E-state index is 0.0727. The van der Waals surface area contributed by atoms with Gasteiger partial charge in [0.05, 0.1) is 16.0 Å². The summed E-state index contributed by atoms with van der Waals surface area (Å²) in [5, 5.41) is 14.8. The molecule has 0 amide bonds. The maximum atomic E-state index is 8.25. The molecule has 0 fully saturated rings. The monoisotopic (exact) mass is 381 g/mol. The normalized spacial score (nSPS) is 10.8. The second-order valence-electron chi connectivity index (χ2n) is 6.90. The van der Waals surface area contributed by atoms with Crippen molar-refractivity contribution in [1.82, 2.24) is 0 Å². The molecule has 0 aliphatic heterocycles. The van der Waals surface area contributed by atoms with E-state index in [0.29, 0.717) is 0 Å². The van der Waals surface area contributed by atoms with Gasteiger partial charge < -0.3 is 15.3 Å². The molecule has 0 aliphatic carbocycles. The third-order valence-corrected chi connectivity index (χ3v) is 6.16. The van der Waals surface area contributed by atoms with Crippen molar-refractivity contribution in [1.29, 1.82) is 0 Å². The lowest BCUT2D eigenvalue weighted by atomic mass is 9.87. The molecule has 0 N–H and O–H groups in total. The summed E-state index contributed by atoms with van der Waals surface area (Å²) in [6.07, 6.45) is 0. The molecule has 0 unspecified atom stereocenters. The number of rotatable bonds is 3. The van der Waals surface area contributed by atoms with Crippen molar-refractivity contribution in [2.24, 2.45) is 0 Å². The van der Waals surface area contributed by atoms with Crippen molar-refractivity contribution in [3.8, 4) is 0 Å². The predicted molar refractivity (Wildman–Crippen MR) is 111 cm³/mol. The van der Waals surface area contributed by atoms with Gasteiger partial charge in [-0.1, -0.05) is 75.4 Å². The molecule has 3 aromatic carbocycles. The molecule has 0 radical (unpaired) electrons. The first-order chi connectivity index (χ1) is 12.8. The van der Waals surface area contributed by atoms with Gasteiger partial charge in [-0.2, -0.15) is 0 Å². The van der Waals surface area contributed by atoms with Crippen LogP contribution in [0.1, 0.15) is 26.3 Å². The van der Waals surface area contributed by atoms with Gasteiger partial charge in [-0.05, 0) is 35.7 Å². The zero-order valence-corrected chi connectivity index (χ0v) is 16.5. The van der Waals surface area contributed by atoms with Crippen LogP contribution >= 0.6 is 0 Å². The highest BCUT2D eigenvalue weighted by molar-refractivity contribution is 7.97. The Kier molecular flexibility index (Phi) is 7.02. The standard InChI is InChI=1S/C22H23S.NO3/c1-22(2,3)20-16-10-11-17-21(20)23(18-12-6-4-7-13-18)19-14-8-5-9-15-19;2-1(3)4/h4-17H,1-3H3;/q+1;-1. The van der Waals surface area contributed by atoms with Crippen molar-refractivity contribution < 1.29 is 5.09 Å². The Morgan fingerprint density at radius 3 is 1.48 bits per heavy atom. The number of benzene rings is 3. The van der Waals surface area contributed by atoms with Crippen molar-refractivity contribution in [3.05, 3.63) is 106 Å². The van der Waals surface area contributed by atoms with Crippen LogP contribution in [0.4, 0.5) is 0 Å². The number of hydrogen-bond donors (Lipinski definition) is 0. The van der Waals surface area contributed by atoms with Crippen LogP contribution in [-0.2, 0) is 16.3 Å². The average Bonchev–Trinajstić information content (AvgIpc) is 2.63. The minimum Gasteiger partial charge on any atom is -0.356 e. The highest BCUT2D eigenvalue weighted by Gasteiger charge is 2.33. The van der Waals surface area contributed by atoms with E-state index in [1.165, 1.54) is 20.2 Å². The van der Waals surface area contributed by atoms with Crippen molar-refractivity contribution in [2.75, 3.05) is 0 Å². The Balaban J connectivity index is 0.000000596. The lowest BCUT2D eigenvalue weighted by molar-refractivity contribution is -0.402. The van der Waals surface area contributed by atoms with E-state index < -0.39 is 5.09 Å². The van der Waals surface area contributed by atoms with Crippen LogP contribution < -0.4 is 0 Å². The van der Waals surface area contributed by atoms with Gasteiger partial charge in [-0.25, -0.2) is 0 Å². The summed E-state index contributed by atoms with van der Waals surface area (Å²) in [7, 11) is -0.0727. The fraction of sp³-hybridized carbons (Fsp3) is 0.182. The van der Waals surface area contributed by atoms with Gasteiger partial charge in [0.25, 0.3) is 0 Å². The Labute approximate surface area is 163 Å². The van der Waals surface area contributed by atoms with E-state index in [9.17, 15) is 0 Å². The Morgan fingerprint density at radius 1 is 0.704 bits per heavy atom. The first kappa shape index (κ1) is 20.5. The summed E-state index contributed by atoms with van der Waals surface area (Å²) in [5.74, 6) is 0. The molecular formula is C22H23NO3S. The molecular weight excluding hydrogens is 358 g/mol. The van der Waals surface area contributed by atoms with E-state index in [-0.39, 0.29) is 16.3 Å². The zero-order valence-electron chi connectivity index (χ0n) is 15.7. The van der Waals surface area contributed by atoms with Crippen LogP contribution in [-0.4, -0.2) is 5.09 Å². The molecule has 0 saturated heterocycles. The lowest BCUT2D eigenvalue weighted by Gasteiger charge is -2.22. The van der Waals surface area contributed by atoms with Crippen molar-refractivity contribution in [2.45, 2.75) is 40.9 Å². The van der Waals surface area contributed by atoms with Crippen LogP contribution in [0.3, 0.4) is 0 Å². The van der Waals surface area contributed by atoms with E-state index in [2.05, 4.69) is 106 Å². The number of hydrogen-bond acceptors (Lipinski definition) is 3. The van der Waals surface area contributed by atoms with Gasteiger partial charge in [-0.3, -0.25) is 0 Å². The molecule has 3 aromatic rings. The molecule has 27 heavy (non-hydrogen) atoms. The molecule has 0 atom stereocenters. The summed E-state index contributed by atoms with van der Waals surface area (Å²) < 4.78 is 0.